The first-order valence-electron chi connectivity index (χ1n) is 6.62. The highest BCUT2D eigenvalue weighted by molar-refractivity contribution is 7.89. The molecule has 1 fully saturated rings. The lowest BCUT2D eigenvalue weighted by Crippen LogP contribution is -2.40. The van der Waals surface area contributed by atoms with Crippen LogP contribution in [0.3, 0.4) is 0 Å². The van der Waals surface area contributed by atoms with Gasteiger partial charge in [-0.1, -0.05) is 0 Å². The Morgan fingerprint density at radius 1 is 1.53 bits per heavy atom. The van der Waals surface area contributed by atoms with Crippen molar-refractivity contribution in [1.82, 2.24) is 9.62 Å². The van der Waals surface area contributed by atoms with Crippen LogP contribution in [-0.4, -0.2) is 37.6 Å². The van der Waals surface area contributed by atoms with Crippen molar-refractivity contribution in [2.24, 2.45) is 0 Å². The van der Waals surface area contributed by atoms with Gasteiger partial charge in [-0.15, -0.1) is 0 Å². The monoisotopic (exact) mass is 286 g/mol. The second-order valence-corrected chi connectivity index (χ2v) is 7.75. The van der Waals surface area contributed by atoms with Gasteiger partial charge in [-0.3, -0.25) is 0 Å². The zero-order chi connectivity index (χ0) is 14.0. The molecule has 0 bridgehead atoms. The van der Waals surface area contributed by atoms with Gasteiger partial charge in [-0.2, -0.15) is 0 Å². The van der Waals surface area contributed by atoms with E-state index < -0.39 is 15.3 Å². The third-order valence-electron chi connectivity index (χ3n) is 3.57. The fourth-order valence-electron chi connectivity index (χ4n) is 1.94. The topological polar surface area (TPSA) is 62.6 Å². The van der Waals surface area contributed by atoms with Gasteiger partial charge in [0.1, 0.15) is 5.76 Å². The Bertz CT molecular complexity index is 520. The number of nitrogens with one attached hydrogen (secondary N) is 1. The number of rotatable bonds is 7. The van der Waals surface area contributed by atoms with Crippen LogP contribution in [0.25, 0.3) is 0 Å². The van der Waals surface area contributed by atoms with Crippen LogP contribution in [0.15, 0.2) is 16.7 Å². The van der Waals surface area contributed by atoms with Crippen LogP contribution < -0.4 is 5.32 Å². The smallest absolute Gasteiger partial charge is 0.218 e. The molecule has 2 rings (SSSR count). The Hall–Kier alpha value is -0.850. The molecule has 0 aliphatic heterocycles. The van der Waals surface area contributed by atoms with E-state index >= 15 is 0 Å². The van der Waals surface area contributed by atoms with Gasteiger partial charge in [0.25, 0.3) is 0 Å². The highest BCUT2D eigenvalue weighted by Gasteiger charge is 2.29. The Kier molecular flexibility index (Phi) is 4.32. The highest BCUT2D eigenvalue weighted by atomic mass is 32.2. The van der Waals surface area contributed by atoms with Crippen molar-refractivity contribution in [3.63, 3.8) is 0 Å². The van der Waals surface area contributed by atoms with Crippen molar-refractivity contribution >= 4 is 10.0 Å². The first-order valence-corrected chi connectivity index (χ1v) is 8.13. The van der Waals surface area contributed by atoms with E-state index in [1.165, 1.54) is 4.31 Å². The summed E-state index contributed by atoms with van der Waals surface area (Å²) in [6.45, 7) is 4.47. The van der Waals surface area contributed by atoms with Gasteiger partial charge in [0, 0.05) is 31.7 Å². The lowest BCUT2D eigenvalue weighted by Gasteiger charge is -2.22. The summed E-state index contributed by atoms with van der Waals surface area (Å²) in [5.41, 5.74) is 0.911. The number of hydrogen-bond donors (Lipinski definition) is 1. The van der Waals surface area contributed by atoms with Crippen LogP contribution in [-0.2, 0) is 16.6 Å². The minimum atomic E-state index is -3.27. The zero-order valence-corrected chi connectivity index (χ0v) is 12.5. The van der Waals surface area contributed by atoms with E-state index in [1.54, 1.807) is 20.2 Å². The van der Waals surface area contributed by atoms with Crippen molar-refractivity contribution in [3.8, 4) is 0 Å². The predicted octanol–water partition coefficient (Wildman–Crippen LogP) is 1.49. The molecule has 1 aliphatic rings. The summed E-state index contributed by atoms with van der Waals surface area (Å²) in [5.74, 6) is 0.769. The molecular formula is C13H22N2O3S. The third kappa shape index (κ3) is 3.58. The number of aryl methyl sites for hydroxylation is 1. The molecule has 0 spiro atoms. The summed E-state index contributed by atoms with van der Waals surface area (Å²) in [4.78, 5) is 0. The van der Waals surface area contributed by atoms with E-state index in [4.69, 9.17) is 4.42 Å². The number of nitrogens with zero attached hydrogens (tertiary/aromatic N) is 1. The molecule has 6 heteroatoms. The van der Waals surface area contributed by atoms with E-state index in [2.05, 4.69) is 5.32 Å². The Morgan fingerprint density at radius 2 is 2.21 bits per heavy atom. The number of furan rings is 1. The normalized spacial score (nSPS) is 17.9. The summed E-state index contributed by atoms with van der Waals surface area (Å²) in [6, 6.07) is 2.34. The van der Waals surface area contributed by atoms with E-state index in [9.17, 15) is 8.42 Å². The SMILES string of the molecule is Cc1occc1CN(C)S(=O)(=O)C(C)CNC1CC1. The molecule has 1 saturated carbocycles. The quantitative estimate of drug-likeness (QED) is 0.825. The Morgan fingerprint density at radius 3 is 2.74 bits per heavy atom. The van der Waals surface area contributed by atoms with Gasteiger partial charge < -0.3 is 9.73 Å². The zero-order valence-electron chi connectivity index (χ0n) is 11.7. The van der Waals surface area contributed by atoms with E-state index in [1.807, 2.05) is 13.0 Å². The molecule has 1 unspecified atom stereocenters. The number of sulfonamides is 1. The fourth-order valence-corrected chi connectivity index (χ4v) is 3.18. The molecular weight excluding hydrogens is 264 g/mol. The van der Waals surface area contributed by atoms with Gasteiger partial charge in [-0.25, -0.2) is 12.7 Å². The minimum absolute atomic E-state index is 0.360. The van der Waals surface area contributed by atoms with Crippen molar-refractivity contribution in [1.29, 1.82) is 0 Å². The van der Waals surface area contributed by atoms with Crippen molar-refractivity contribution in [2.75, 3.05) is 13.6 Å². The molecule has 19 heavy (non-hydrogen) atoms. The second kappa shape index (κ2) is 5.64. The van der Waals surface area contributed by atoms with Crippen LogP contribution in [0, 0.1) is 6.92 Å². The molecule has 5 nitrogen and oxygen atoms in total. The van der Waals surface area contributed by atoms with E-state index in [0.717, 1.165) is 24.2 Å². The lowest BCUT2D eigenvalue weighted by atomic mass is 10.3. The van der Waals surface area contributed by atoms with Crippen LogP contribution in [0.2, 0.25) is 0 Å². The molecule has 1 aromatic rings. The fraction of sp³-hybridized carbons (Fsp3) is 0.692. The molecule has 0 saturated heterocycles. The van der Waals surface area contributed by atoms with Crippen LogP contribution >= 0.6 is 0 Å². The van der Waals surface area contributed by atoms with Crippen LogP contribution in [0.1, 0.15) is 31.1 Å². The first kappa shape index (κ1) is 14.6. The lowest BCUT2D eigenvalue weighted by molar-refractivity contribution is 0.447. The standard InChI is InChI=1S/C13H22N2O3S/c1-10(8-14-13-4-5-13)19(16,17)15(3)9-12-6-7-18-11(12)2/h6-7,10,13-14H,4-5,8-9H2,1-3H3. The molecule has 1 N–H and O–H groups in total. The summed E-state index contributed by atoms with van der Waals surface area (Å²) in [5, 5.41) is 2.85. The molecule has 108 valence electrons. The summed E-state index contributed by atoms with van der Waals surface area (Å²) >= 11 is 0. The first-order chi connectivity index (χ1) is 8.91. The van der Waals surface area contributed by atoms with Gasteiger partial charge in [0.2, 0.25) is 10.0 Å². The van der Waals surface area contributed by atoms with Crippen molar-refractivity contribution in [2.45, 2.75) is 44.5 Å². The van der Waals surface area contributed by atoms with E-state index in [-0.39, 0.29) is 0 Å². The average molecular weight is 286 g/mol. The molecule has 0 aromatic carbocycles. The van der Waals surface area contributed by atoms with Gasteiger partial charge in [0.15, 0.2) is 0 Å². The van der Waals surface area contributed by atoms with Crippen molar-refractivity contribution in [3.05, 3.63) is 23.7 Å². The average Bonchev–Trinajstić information content (AvgIpc) is 3.11. The summed E-state index contributed by atoms with van der Waals surface area (Å²) in [7, 11) is -1.65. The van der Waals surface area contributed by atoms with Gasteiger partial charge in [0.05, 0.1) is 11.5 Å². The molecule has 1 heterocycles. The maximum atomic E-state index is 12.4. The Balaban J connectivity index is 1.95. The minimum Gasteiger partial charge on any atom is -0.469 e. The van der Waals surface area contributed by atoms with E-state index in [0.29, 0.717) is 19.1 Å². The molecule has 0 amide bonds. The Labute approximate surface area is 115 Å². The molecule has 1 aliphatic carbocycles. The third-order valence-corrected chi connectivity index (χ3v) is 5.76. The maximum absolute atomic E-state index is 12.4. The molecule has 0 radical (unpaired) electrons. The van der Waals surface area contributed by atoms with Crippen LogP contribution in [0.5, 0.6) is 0 Å². The molecule has 1 aromatic heterocycles. The second-order valence-electron chi connectivity index (χ2n) is 5.30. The van der Waals surface area contributed by atoms with Gasteiger partial charge >= 0.3 is 0 Å². The van der Waals surface area contributed by atoms with Crippen LogP contribution in [0.4, 0.5) is 0 Å². The number of hydrogen-bond acceptors (Lipinski definition) is 4. The summed E-state index contributed by atoms with van der Waals surface area (Å²) < 4.78 is 31.3. The summed E-state index contributed by atoms with van der Waals surface area (Å²) in [6.07, 6.45) is 3.91. The molecule has 1 atom stereocenters. The maximum Gasteiger partial charge on any atom is 0.218 e. The largest absolute Gasteiger partial charge is 0.469 e. The predicted molar refractivity (Wildman–Crippen MR) is 74.3 cm³/mol. The van der Waals surface area contributed by atoms with Crippen molar-refractivity contribution < 1.29 is 12.8 Å². The highest BCUT2D eigenvalue weighted by Crippen LogP contribution is 2.20. The van der Waals surface area contributed by atoms with Gasteiger partial charge in [-0.05, 0) is 32.8 Å².